The Bertz CT molecular complexity index is 636. The number of likely N-dealkylation sites (N-methyl/N-ethyl adjacent to an activating group) is 1. The molecular formula is C17H21FN2O2S. The Kier molecular flexibility index (Phi) is 4.12. The number of nitrogens with zero attached hydrogens (tertiary/aromatic N) is 2. The van der Waals surface area contributed by atoms with Gasteiger partial charge in [-0.25, -0.2) is 4.39 Å². The van der Waals surface area contributed by atoms with Crippen LogP contribution in [0.15, 0.2) is 24.3 Å². The van der Waals surface area contributed by atoms with E-state index in [2.05, 4.69) is 0 Å². The number of fused-ring (bicyclic) bond motifs is 1. The van der Waals surface area contributed by atoms with E-state index in [0.29, 0.717) is 12.2 Å². The van der Waals surface area contributed by atoms with Gasteiger partial charge in [-0.2, -0.15) is 0 Å². The number of benzene rings is 1. The lowest BCUT2D eigenvalue weighted by atomic mass is 10.1. The molecule has 0 aromatic heterocycles. The van der Waals surface area contributed by atoms with Crippen molar-refractivity contribution in [1.29, 1.82) is 0 Å². The van der Waals surface area contributed by atoms with Crippen LogP contribution in [0.3, 0.4) is 0 Å². The van der Waals surface area contributed by atoms with Crippen LogP contribution >= 0.6 is 11.8 Å². The second-order valence-electron chi connectivity index (χ2n) is 6.44. The Hall–Kier alpha value is -1.56. The average Bonchev–Trinajstić information content (AvgIpc) is 3.02. The fourth-order valence-corrected chi connectivity index (χ4v) is 4.82. The summed E-state index contributed by atoms with van der Waals surface area (Å²) in [6.07, 6.45) is 1.32. The van der Waals surface area contributed by atoms with Gasteiger partial charge in [0.15, 0.2) is 0 Å². The molecule has 0 saturated carbocycles. The first-order chi connectivity index (χ1) is 10.8. The Morgan fingerprint density at radius 2 is 2.09 bits per heavy atom. The smallest absolute Gasteiger partial charge is 0.246 e. The molecule has 0 unspecified atom stereocenters. The van der Waals surface area contributed by atoms with Crippen LogP contribution in [0, 0.1) is 5.82 Å². The molecule has 3 atom stereocenters. The van der Waals surface area contributed by atoms with E-state index in [1.165, 1.54) is 12.1 Å². The van der Waals surface area contributed by atoms with Gasteiger partial charge in [0.2, 0.25) is 11.8 Å². The summed E-state index contributed by atoms with van der Waals surface area (Å²) in [5.41, 5.74) is 0.878. The maximum Gasteiger partial charge on any atom is 0.246 e. The molecule has 4 nitrogen and oxygen atoms in total. The zero-order valence-corrected chi connectivity index (χ0v) is 14.4. The van der Waals surface area contributed by atoms with Crippen LogP contribution in [-0.4, -0.2) is 45.3 Å². The molecule has 124 valence electrons. The number of thioether (sulfide) groups is 1. The van der Waals surface area contributed by atoms with E-state index >= 15 is 0 Å². The Labute approximate surface area is 140 Å². The molecule has 2 heterocycles. The summed E-state index contributed by atoms with van der Waals surface area (Å²) in [5.74, 6) is 0.370. The highest BCUT2D eigenvalue weighted by atomic mass is 32.2. The highest BCUT2D eigenvalue weighted by molar-refractivity contribution is 8.01. The fraction of sp³-hybridized carbons (Fsp3) is 0.529. The van der Waals surface area contributed by atoms with E-state index in [4.69, 9.17) is 0 Å². The minimum atomic E-state index is -0.395. The van der Waals surface area contributed by atoms with Crippen LogP contribution in [0.25, 0.3) is 0 Å². The number of halogens is 1. The zero-order valence-electron chi connectivity index (χ0n) is 13.6. The molecule has 0 bridgehead atoms. The summed E-state index contributed by atoms with van der Waals surface area (Å²) < 4.78 is 13.1. The number of rotatable bonds is 3. The number of carbonyl (C=O) groups excluding carboxylic acids is 2. The minimum Gasteiger partial charge on any atom is -0.337 e. The molecule has 0 radical (unpaired) electrons. The van der Waals surface area contributed by atoms with Crippen molar-refractivity contribution in [2.75, 3.05) is 12.8 Å². The fourth-order valence-electron chi connectivity index (χ4n) is 3.39. The standard InChI is InChI=1S/C17H21FN2O2S/c1-11(12-4-6-13(18)7-5-12)19(3)16(22)14-10-23-17(2)9-8-15(21)20(14)17/h4-7,11,14H,8-10H2,1-3H3/t11-,14+,17+/m1/s1. The zero-order chi connectivity index (χ0) is 16.8. The van der Waals surface area contributed by atoms with Crippen LogP contribution < -0.4 is 0 Å². The molecule has 0 aliphatic carbocycles. The van der Waals surface area contributed by atoms with E-state index in [0.717, 1.165) is 12.0 Å². The molecule has 3 rings (SSSR count). The Morgan fingerprint density at radius 1 is 1.43 bits per heavy atom. The van der Waals surface area contributed by atoms with Gasteiger partial charge in [0.25, 0.3) is 0 Å². The summed E-state index contributed by atoms with van der Waals surface area (Å²) in [6.45, 7) is 3.96. The summed E-state index contributed by atoms with van der Waals surface area (Å²) in [4.78, 5) is 28.3. The molecule has 2 saturated heterocycles. The summed E-state index contributed by atoms with van der Waals surface area (Å²) in [7, 11) is 1.75. The number of carbonyl (C=O) groups is 2. The van der Waals surface area contributed by atoms with Crippen LogP contribution in [0.5, 0.6) is 0 Å². The van der Waals surface area contributed by atoms with Crippen LogP contribution in [-0.2, 0) is 9.59 Å². The second-order valence-corrected chi connectivity index (χ2v) is 7.94. The van der Waals surface area contributed by atoms with E-state index in [-0.39, 0.29) is 28.5 Å². The van der Waals surface area contributed by atoms with Crippen molar-refractivity contribution in [2.24, 2.45) is 0 Å². The first-order valence-electron chi connectivity index (χ1n) is 7.82. The molecule has 2 aliphatic rings. The summed E-state index contributed by atoms with van der Waals surface area (Å²) in [5, 5.41) is 0. The second kappa shape index (κ2) is 5.82. The topological polar surface area (TPSA) is 40.6 Å². The number of hydrogen-bond donors (Lipinski definition) is 0. The lowest BCUT2D eigenvalue weighted by molar-refractivity contribution is -0.144. The average molecular weight is 336 g/mol. The van der Waals surface area contributed by atoms with Crippen molar-refractivity contribution in [2.45, 2.75) is 43.6 Å². The maximum atomic E-state index is 13.1. The van der Waals surface area contributed by atoms with E-state index in [1.807, 2.05) is 13.8 Å². The van der Waals surface area contributed by atoms with Crippen molar-refractivity contribution in [3.8, 4) is 0 Å². The van der Waals surface area contributed by atoms with E-state index < -0.39 is 6.04 Å². The first kappa shape index (κ1) is 16.3. The number of hydrogen-bond acceptors (Lipinski definition) is 3. The largest absolute Gasteiger partial charge is 0.337 e. The highest BCUT2D eigenvalue weighted by Gasteiger charge is 2.53. The molecule has 1 aromatic rings. The highest BCUT2D eigenvalue weighted by Crippen LogP contribution is 2.47. The van der Waals surface area contributed by atoms with Gasteiger partial charge < -0.3 is 9.80 Å². The molecule has 23 heavy (non-hydrogen) atoms. The summed E-state index contributed by atoms with van der Waals surface area (Å²) in [6, 6.07) is 5.62. The molecule has 2 amide bonds. The van der Waals surface area contributed by atoms with Crippen molar-refractivity contribution >= 4 is 23.6 Å². The van der Waals surface area contributed by atoms with Gasteiger partial charge in [0, 0.05) is 19.2 Å². The minimum absolute atomic E-state index is 0.0479. The lowest BCUT2D eigenvalue weighted by Crippen LogP contribution is -2.50. The third kappa shape index (κ3) is 2.73. The van der Waals surface area contributed by atoms with Gasteiger partial charge in [-0.15, -0.1) is 11.8 Å². The lowest BCUT2D eigenvalue weighted by Gasteiger charge is -2.34. The molecule has 6 heteroatoms. The van der Waals surface area contributed by atoms with Crippen molar-refractivity contribution < 1.29 is 14.0 Å². The predicted molar refractivity (Wildman–Crippen MR) is 88.3 cm³/mol. The predicted octanol–water partition coefficient (Wildman–Crippen LogP) is 2.80. The molecule has 0 N–H and O–H groups in total. The molecule has 2 fully saturated rings. The molecule has 1 aromatic carbocycles. The van der Waals surface area contributed by atoms with Crippen molar-refractivity contribution in [3.05, 3.63) is 35.6 Å². The normalized spacial score (nSPS) is 27.9. The Morgan fingerprint density at radius 3 is 2.74 bits per heavy atom. The van der Waals surface area contributed by atoms with Gasteiger partial charge >= 0.3 is 0 Å². The molecular weight excluding hydrogens is 315 g/mol. The van der Waals surface area contributed by atoms with Gasteiger partial charge in [0.1, 0.15) is 11.9 Å². The van der Waals surface area contributed by atoms with E-state index in [9.17, 15) is 14.0 Å². The molecule has 0 spiro atoms. The first-order valence-corrected chi connectivity index (χ1v) is 8.80. The maximum absolute atomic E-state index is 13.1. The third-order valence-electron chi connectivity index (χ3n) is 5.01. The van der Waals surface area contributed by atoms with Crippen LogP contribution in [0.1, 0.15) is 38.3 Å². The van der Waals surface area contributed by atoms with Crippen LogP contribution in [0.4, 0.5) is 4.39 Å². The van der Waals surface area contributed by atoms with Crippen LogP contribution in [0.2, 0.25) is 0 Å². The summed E-state index contributed by atoms with van der Waals surface area (Å²) >= 11 is 1.69. The van der Waals surface area contributed by atoms with Gasteiger partial charge in [-0.3, -0.25) is 9.59 Å². The quantitative estimate of drug-likeness (QED) is 0.852. The van der Waals surface area contributed by atoms with Crippen molar-refractivity contribution in [1.82, 2.24) is 9.80 Å². The molecule has 2 aliphatic heterocycles. The van der Waals surface area contributed by atoms with Crippen molar-refractivity contribution in [3.63, 3.8) is 0 Å². The van der Waals surface area contributed by atoms with Gasteiger partial charge in [-0.1, -0.05) is 12.1 Å². The van der Waals surface area contributed by atoms with Gasteiger partial charge in [0.05, 0.1) is 10.9 Å². The van der Waals surface area contributed by atoms with Gasteiger partial charge in [-0.05, 0) is 38.0 Å². The van der Waals surface area contributed by atoms with E-state index in [1.54, 1.807) is 40.7 Å². The monoisotopic (exact) mass is 336 g/mol. The number of amides is 2. The third-order valence-corrected chi connectivity index (χ3v) is 6.52. The Balaban J connectivity index is 1.77. The SMILES string of the molecule is C[C@H](c1ccc(F)cc1)N(C)C(=O)[C@@H]1CS[C@@]2(C)CCC(=O)N12.